The van der Waals surface area contributed by atoms with Crippen molar-refractivity contribution in [3.63, 3.8) is 0 Å². The average molecular weight is 468 g/mol. The molecule has 2 bridgehead atoms. The molecule has 2 aliphatic carbocycles. The highest BCUT2D eigenvalue weighted by Gasteiger charge is 2.59. The maximum atomic E-state index is 14.0. The molecular formula is C28H41N3O3. The van der Waals surface area contributed by atoms with Crippen LogP contribution < -0.4 is 10.1 Å². The van der Waals surface area contributed by atoms with Gasteiger partial charge in [-0.1, -0.05) is 39.8 Å². The number of nitrogens with one attached hydrogen (secondary N) is 1. The summed E-state index contributed by atoms with van der Waals surface area (Å²) in [5.41, 5.74) is 3.31. The molecule has 186 valence electrons. The van der Waals surface area contributed by atoms with E-state index in [0.29, 0.717) is 5.92 Å². The van der Waals surface area contributed by atoms with Gasteiger partial charge in [0.05, 0.1) is 31.4 Å². The van der Waals surface area contributed by atoms with E-state index < -0.39 is 0 Å². The number of carbonyl (C=O) groups excluding carboxylic acids is 1. The second-order valence-electron chi connectivity index (χ2n) is 11.5. The summed E-state index contributed by atoms with van der Waals surface area (Å²) < 4.78 is 13.7. The summed E-state index contributed by atoms with van der Waals surface area (Å²) in [6.07, 6.45) is 4.52. The minimum Gasteiger partial charge on any atom is -0.495 e. The Kier molecular flexibility index (Phi) is 6.18. The molecule has 6 nitrogen and oxygen atoms in total. The Morgan fingerprint density at radius 3 is 2.62 bits per heavy atom. The van der Waals surface area contributed by atoms with Crippen LogP contribution in [-0.4, -0.2) is 61.4 Å². The predicted molar refractivity (Wildman–Crippen MR) is 136 cm³/mol. The second kappa shape index (κ2) is 8.87. The van der Waals surface area contributed by atoms with Crippen molar-refractivity contribution in [2.45, 2.75) is 66.0 Å². The molecule has 1 aliphatic heterocycles. The fraction of sp³-hybridized carbons (Fsp3) is 0.679. The van der Waals surface area contributed by atoms with E-state index >= 15 is 0 Å². The molecule has 1 amide bonds. The zero-order chi connectivity index (χ0) is 24.1. The fourth-order valence-electron chi connectivity index (χ4n) is 7.39. The number of nitrogens with zero attached hydrogens (tertiary/aromatic N) is 2. The molecule has 2 saturated carbocycles. The first-order valence-electron chi connectivity index (χ1n) is 13.1. The molecule has 3 fully saturated rings. The largest absolute Gasteiger partial charge is 0.495 e. The average Bonchev–Trinajstić information content (AvgIpc) is 3.45. The molecule has 3 atom stereocenters. The SMILES string of the molecule is CCc1c(C(=O)N[C@@H]2C(C)(C)[C@@H]3CC[C@@]2(C)C3)c2cccc(OC)c2n1CCN1CCOCC1. The number of benzene rings is 1. The van der Waals surface area contributed by atoms with Crippen molar-refractivity contribution in [1.29, 1.82) is 0 Å². The lowest BCUT2D eigenvalue weighted by molar-refractivity contribution is 0.0364. The molecule has 1 aromatic carbocycles. The highest BCUT2D eigenvalue weighted by molar-refractivity contribution is 6.10. The van der Waals surface area contributed by atoms with E-state index in [1.165, 1.54) is 19.3 Å². The molecule has 6 heteroatoms. The molecule has 0 radical (unpaired) electrons. The number of methoxy groups -OCH3 is 1. The molecule has 0 unspecified atom stereocenters. The van der Waals surface area contributed by atoms with Gasteiger partial charge in [0.2, 0.25) is 0 Å². The van der Waals surface area contributed by atoms with Crippen LogP contribution in [0.5, 0.6) is 5.75 Å². The summed E-state index contributed by atoms with van der Waals surface area (Å²) in [4.78, 5) is 16.5. The third-order valence-electron chi connectivity index (χ3n) is 9.22. The summed E-state index contributed by atoms with van der Waals surface area (Å²) >= 11 is 0. The molecule has 5 rings (SSSR count). The lowest BCUT2D eigenvalue weighted by Gasteiger charge is -2.43. The minimum absolute atomic E-state index is 0.0760. The van der Waals surface area contributed by atoms with Crippen LogP contribution in [-0.2, 0) is 17.7 Å². The second-order valence-corrected chi connectivity index (χ2v) is 11.5. The fourth-order valence-corrected chi connectivity index (χ4v) is 7.39. The molecule has 0 spiro atoms. The van der Waals surface area contributed by atoms with Crippen molar-refractivity contribution in [2.75, 3.05) is 40.0 Å². The number of amides is 1. The zero-order valence-corrected chi connectivity index (χ0v) is 21.6. The van der Waals surface area contributed by atoms with Gasteiger partial charge in [0, 0.05) is 43.3 Å². The van der Waals surface area contributed by atoms with E-state index in [1.807, 2.05) is 12.1 Å². The molecule has 3 aliphatic rings. The maximum absolute atomic E-state index is 14.0. The molecule has 1 aromatic heterocycles. The third-order valence-corrected chi connectivity index (χ3v) is 9.22. The number of hydrogen-bond acceptors (Lipinski definition) is 4. The Bertz CT molecular complexity index is 1060. The van der Waals surface area contributed by atoms with Crippen molar-refractivity contribution in [3.05, 3.63) is 29.5 Å². The number of hydrogen-bond donors (Lipinski definition) is 1. The van der Waals surface area contributed by atoms with Gasteiger partial charge >= 0.3 is 0 Å². The Labute approximate surface area is 204 Å². The Balaban J connectivity index is 1.52. The molecule has 1 saturated heterocycles. The number of para-hydroxylation sites is 1. The van der Waals surface area contributed by atoms with Crippen LogP contribution in [0.3, 0.4) is 0 Å². The molecule has 2 aromatic rings. The summed E-state index contributed by atoms with van der Waals surface area (Å²) in [6.45, 7) is 14.5. The van der Waals surface area contributed by atoms with Crippen LogP contribution in [0.25, 0.3) is 10.9 Å². The van der Waals surface area contributed by atoms with Crippen molar-refractivity contribution in [3.8, 4) is 5.75 Å². The Hall–Kier alpha value is -2.05. The van der Waals surface area contributed by atoms with E-state index in [0.717, 1.165) is 73.7 Å². The Morgan fingerprint density at radius 2 is 1.97 bits per heavy atom. The van der Waals surface area contributed by atoms with E-state index in [-0.39, 0.29) is 22.8 Å². The number of aromatic nitrogens is 1. The summed E-state index contributed by atoms with van der Waals surface area (Å²) in [7, 11) is 1.72. The van der Waals surface area contributed by atoms with Crippen LogP contribution >= 0.6 is 0 Å². The van der Waals surface area contributed by atoms with Crippen LogP contribution in [0.4, 0.5) is 0 Å². The van der Waals surface area contributed by atoms with Crippen LogP contribution in [0.2, 0.25) is 0 Å². The maximum Gasteiger partial charge on any atom is 0.254 e. The van der Waals surface area contributed by atoms with Crippen molar-refractivity contribution < 1.29 is 14.3 Å². The van der Waals surface area contributed by atoms with Crippen LogP contribution in [0, 0.1) is 16.7 Å². The van der Waals surface area contributed by atoms with Gasteiger partial charge in [-0.3, -0.25) is 9.69 Å². The van der Waals surface area contributed by atoms with Crippen LogP contribution in [0.1, 0.15) is 63.0 Å². The minimum atomic E-state index is 0.0760. The van der Waals surface area contributed by atoms with E-state index in [1.54, 1.807) is 7.11 Å². The van der Waals surface area contributed by atoms with Crippen molar-refractivity contribution >= 4 is 16.8 Å². The summed E-state index contributed by atoms with van der Waals surface area (Å²) in [5, 5.41) is 4.56. The normalized spacial score (nSPS) is 28.5. The lowest BCUT2D eigenvalue weighted by Crippen LogP contribution is -2.52. The number of morpholine rings is 1. The first-order valence-corrected chi connectivity index (χ1v) is 13.1. The first-order chi connectivity index (χ1) is 16.3. The number of rotatable bonds is 7. The standard InChI is InChI=1S/C28H41N3O3/c1-6-21-23(25(32)29-26-27(2,3)19-10-11-28(26,4)18-19)20-8-7-9-22(33-5)24(20)31(21)13-12-30-14-16-34-17-15-30/h7-9,19,26H,6,10-18H2,1-5H3,(H,29,32)/t19-,26-,28+/m1/s1. The predicted octanol–water partition coefficient (Wildman–Crippen LogP) is 4.49. The molecule has 34 heavy (non-hydrogen) atoms. The molecular weight excluding hydrogens is 426 g/mol. The van der Waals surface area contributed by atoms with Gasteiger partial charge in [-0.15, -0.1) is 0 Å². The summed E-state index contributed by atoms with van der Waals surface area (Å²) in [6, 6.07) is 6.31. The highest BCUT2D eigenvalue weighted by Crippen LogP contribution is 2.62. The quantitative estimate of drug-likeness (QED) is 0.652. The van der Waals surface area contributed by atoms with Crippen molar-refractivity contribution in [1.82, 2.24) is 14.8 Å². The lowest BCUT2D eigenvalue weighted by atomic mass is 9.68. The number of carbonyl (C=O) groups is 1. The molecule has 1 N–H and O–H groups in total. The number of fused-ring (bicyclic) bond motifs is 3. The van der Waals surface area contributed by atoms with Gasteiger partial charge < -0.3 is 19.4 Å². The zero-order valence-electron chi connectivity index (χ0n) is 21.6. The van der Waals surface area contributed by atoms with Gasteiger partial charge in [0.25, 0.3) is 5.91 Å². The van der Waals surface area contributed by atoms with Crippen molar-refractivity contribution in [2.24, 2.45) is 16.7 Å². The summed E-state index contributed by atoms with van der Waals surface area (Å²) in [5.74, 6) is 1.61. The monoisotopic (exact) mass is 467 g/mol. The Morgan fingerprint density at radius 1 is 1.21 bits per heavy atom. The topological polar surface area (TPSA) is 55.7 Å². The van der Waals surface area contributed by atoms with Gasteiger partial charge in [0.1, 0.15) is 5.75 Å². The number of ether oxygens (including phenoxy) is 2. The van der Waals surface area contributed by atoms with E-state index in [2.05, 4.69) is 48.5 Å². The van der Waals surface area contributed by atoms with Gasteiger partial charge in [-0.2, -0.15) is 0 Å². The van der Waals surface area contributed by atoms with Gasteiger partial charge in [0.15, 0.2) is 0 Å². The first kappa shape index (κ1) is 23.7. The third kappa shape index (κ3) is 3.74. The van der Waals surface area contributed by atoms with Crippen LogP contribution in [0.15, 0.2) is 18.2 Å². The van der Waals surface area contributed by atoms with Gasteiger partial charge in [-0.05, 0) is 48.5 Å². The molecule has 2 heterocycles. The smallest absolute Gasteiger partial charge is 0.254 e. The van der Waals surface area contributed by atoms with E-state index in [9.17, 15) is 4.79 Å². The van der Waals surface area contributed by atoms with Gasteiger partial charge in [-0.25, -0.2) is 0 Å². The highest BCUT2D eigenvalue weighted by atomic mass is 16.5. The van der Waals surface area contributed by atoms with E-state index in [4.69, 9.17) is 9.47 Å².